The molecule has 1 amide bonds. The molecule has 0 aliphatic carbocycles. The maximum atomic E-state index is 12.1. The Hall–Kier alpha value is -1.19. The fraction of sp³-hybridized carbons (Fsp3) is 0.333. The molecule has 2 heterocycles. The summed E-state index contributed by atoms with van der Waals surface area (Å²) in [6, 6.07) is 0.912. The first-order chi connectivity index (χ1) is 8.38. The summed E-state index contributed by atoms with van der Waals surface area (Å²) in [5.41, 5.74) is 5.54. The molecule has 9 heteroatoms. The summed E-state index contributed by atoms with van der Waals surface area (Å²) in [6.07, 6.45) is 1.54. The molecule has 0 aromatic carbocycles. The van der Waals surface area contributed by atoms with Crippen molar-refractivity contribution in [2.45, 2.75) is 17.4 Å². The number of nitrogens with one attached hydrogen (secondary N) is 2. The Balaban J connectivity index is 2.25. The van der Waals surface area contributed by atoms with Gasteiger partial charge in [0.15, 0.2) is 0 Å². The number of anilines is 1. The number of sulfonamides is 1. The largest absolute Gasteiger partial charge is 0.383 e. The molecule has 1 saturated heterocycles. The lowest BCUT2D eigenvalue weighted by atomic mass is 10.3. The van der Waals surface area contributed by atoms with Crippen molar-refractivity contribution in [1.29, 1.82) is 0 Å². The molecule has 1 aliphatic heterocycles. The third-order valence-electron chi connectivity index (χ3n) is 2.44. The monoisotopic (exact) mass is 334 g/mol. The van der Waals surface area contributed by atoms with E-state index in [4.69, 9.17) is 5.73 Å². The van der Waals surface area contributed by atoms with Crippen LogP contribution in [0.25, 0.3) is 0 Å². The zero-order chi connectivity index (χ0) is 13.3. The highest BCUT2D eigenvalue weighted by Gasteiger charge is 2.28. The summed E-state index contributed by atoms with van der Waals surface area (Å²) in [4.78, 5) is 14.7. The van der Waals surface area contributed by atoms with E-state index in [0.717, 1.165) is 0 Å². The third kappa shape index (κ3) is 2.79. The molecule has 18 heavy (non-hydrogen) atoms. The van der Waals surface area contributed by atoms with Gasteiger partial charge in [-0.3, -0.25) is 4.79 Å². The molecular formula is C9H11BrN4O3S. The molecule has 0 spiro atoms. The van der Waals surface area contributed by atoms with Crippen LogP contribution in [0.4, 0.5) is 5.82 Å². The number of nitrogens with zero attached hydrogens (tertiary/aromatic N) is 1. The van der Waals surface area contributed by atoms with Crippen LogP contribution < -0.4 is 15.8 Å². The van der Waals surface area contributed by atoms with Crippen molar-refractivity contribution < 1.29 is 13.2 Å². The van der Waals surface area contributed by atoms with Crippen LogP contribution in [0.5, 0.6) is 0 Å². The number of rotatable bonds is 3. The minimum atomic E-state index is -3.78. The summed E-state index contributed by atoms with van der Waals surface area (Å²) in [5, 5.41) is 2.55. The van der Waals surface area contributed by atoms with Crippen LogP contribution in [-0.4, -0.2) is 31.9 Å². The third-order valence-corrected chi connectivity index (χ3v) is 4.42. The van der Waals surface area contributed by atoms with E-state index in [-0.39, 0.29) is 29.6 Å². The topological polar surface area (TPSA) is 114 Å². The molecule has 0 radical (unpaired) electrons. The van der Waals surface area contributed by atoms with E-state index in [2.05, 4.69) is 31.0 Å². The van der Waals surface area contributed by atoms with Crippen molar-refractivity contribution in [1.82, 2.24) is 15.0 Å². The Morgan fingerprint density at radius 2 is 2.28 bits per heavy atom. The van der Waals surface area contributed by atoms with Gasteiger partial charge in [0.2, 0.25) is 15.9 Å². The van der Waals surface area contributed by atoms with E-state index in [1.807, 2.05) is 0 Å². The molecule has 4 N–H and O–H groups in total. The molecule has 0 bridgehead atoms. The van der Waals surface area contributed by atoms with Crippen LogP contribution in [-0.2, 0) is 14.8 Å². The standard InChI is InChI=1S/C9H11BrN4O3S/c10-5-1-7(9(11)13-3-5)18(16,17)14-6-2-8(15)12-4-6/h1,3,6,14H,2,4H2,(H2,11,13)(H,12,15). The normalized spacial score (nSPS) is 19.8. The molecule has 1 aliphatic rings. The van der Waals surface area contributed by atoms with Crippen LogP contribution >= 0.6 is 15.9 Å². The van der Waals surface area contributed by atoms with Crippen LogP contribution in [0.1, 0.15) is 6.42 Å². The second-order valence-corrected chi connectivity index (χ2v) is 6.46. The molecule has 7 nitrogen and oxygen atoms in total. The molecule has 1 aromatic rings. The lowest BCUT2D eigenvalue weighted by Gasteiger charge is -2.12. The molecule has 98 valence electrons. The number of hydrogen-bond acceptors (Lipinski definition) is 5. The molecule has 1 atom stereocenters. The number of hydrogen-bond donors (Lipinski definition) is 3. The molecule has 0 saturated carbocycles. The van der Waals surface area contributed by atoms with Crippen molar-refractivity contribution in [2.24, 2.45) is 0 Å². The molecule has 1 aromatic heterocycles. The van der Waals surface area contributed by atoms with Crippen LogP contribution in [0.15, 0.2) is 21.6 Å². The van der Waals surface area contributed by atoms with Crippen molar-refractivity contribution in [3.63, 3.8) is 0 Å². The highest BCUT2D eigenvalue weighted by molar-refractivity contribution is 9.10. The average Bonchev–Trinajstić information content (AvgIpc) is 2.66. The lowest BCUT2D eigenvalue weighted by Crippen LogP contribution is -2.36. The fourth-order valence-electron chi connectivity index (χ4n) is 1.62. The molecule has 1 unspecified atom stereocenters. The molecule has 1 fully saturated rings. The maximum Gasteiger partial charge on any atom is 0.244 e. The maximum absolute atomic E-state index is 12.1. The van der Waals surface area contributed by atoms with Crippen LogP contribution in [0, 0.1) is 0 Å². The van der Waals surface area contributed by atoms with Gasteiger partial charge in [-0.25, -0.2) is 18.1 Å². The van der Waals surface area contributed by atoms with E-state index in [1.54, 1.807) is 0 Å². The van der Waals surface area contributed by atoms with Gasteiger partial charge in [-0.1, -0.05) is 0 Å². The Labute approximate surface area is 112 Å². The number of carbonyl (C=O) groups is 1. The number of aromatic nitrogens is 1. The Morgan fingerprint density at radius 1 is 1.56 bits per heavy atom. The van der Waals surface area contributed by atoms with Crippen molar-refractivity contribution in [3.8, 4) is 0 Å². The number of halogens is 1. The van der Waals surface area contributed by atoms with Crippen molar-refractivity contribution in [3.05, 3.63) is 16.7 Å². The summed E-state index contributed by atoms with van der Waals surface area (Å²) < 4.78 is 27.1. The van der Waals surface area contributed by atoms with Crippen LogP contribution in [0.3, 0.4) is 0 Å². The average molecular weight is 335 g/mol. The minimum absolute atomic E-state index is 0.0806. The van der Waals surface area contributed by atoms with Gasteiger partial charge < -0.3 is 11.1 Å². The van der Waals surface area contributed by atoms with E-state index in [9.17, 15) is 13.2 Å². The van der Waals surface area contributed by atoms with Gasteiger partial charge in [0.1, 0.15) is 10.7 Å². The Bertz CT molecular complexity index is 589. The zero-order valence-electron chi connectivity index (χ0n) is 9.18. The van der Waals surface area contributed by atoms with Crippen molar-refractivity contribution >= 4 is 37.7 Å². The smallest absolute Gasteiger partial charge is 0.244 e. The van der Waals surface area contributed by atoms with Gasteiger partial charge in [0, 0.05) is 29.7 Å². The van der Waals surface area contributed by atoms with Gasteiger partial charge in [0.05, 0.1) is 0 Å². The van der Waals surface area contributed by atoms with Gasteiger partial charge in [-0.05, 0) is 22.0 Å². The van der Waals surface area contributed by atoms with E-state index >= 15 is 0 Å². The number of nitrogens with two attached hydrogens (primary N) is 1. The van der Waals surface area contributed by atoms with Gasteiger partial charge in [-0.15, -0.1) is 0 Å². The second kappa shape index (κ2) is 4.82. The lowest BCUT2D eigenvalue weighted by molar-refractivity contribution is -0.119. The molecular weight excluding hydrogens is 324 g/mol. The second-order valence-electron chi connectivity index (χ2n) is 3.86. The number of amides is 1. The quantitative estimate of drug-likeness (QED) is 0.695. The predicted molar refractivity (Wildman–Crippen MR) is 68.1 cm³/mol. The Kier molecular flexibility index (Phi) is 3.55. The summed E-state index contributed by atoms with van der Waals surface area (Å²) in [7, 11) is -3.78. The highest BCUT2D eigenvalue weighted by Crippen LogP contribution is 2.21. The van der Waals surface area contributed by atoms with E-state index in [1.165, 1.54) is 12.3 Å². The predicted octanol–water partition coefficient (Wildman–Crippen LogP) is -0.407. The minimum Gasteiger partial charge on any atom is -0.383 e. The number of pyridine rings is 1. The SMILES string of the molecule is Nc1ncc(Br)cc1S(=O)(=O)NC1CNC(=O)C1. The number of carbonyl (C=O) groups excluding carboxylic acids is 1. The van der Waals surface area contributed by atoms with E-state index < -0.39 is 16.1 Å². The summed E-state index contributed by atoms with van der Waals surface area (Å²) in [6.45, 7) is 0.277. The Morgan fingerprint density at radius 3 is 2.89 bits per heavy atom. The van der Waals surface area contributed by atoms with Crippen molar-refractivity contribution in [2.75, 3.05) is 12.3 Å². The highest BCUT2D eigenvalue weighted by atomic mass is 79.9. The summed E-state index contributed by atoms with van der Waals surface area (Å²) in [5.74, 6) is -0.258. The first-order valence-corrected chi connectivity index (χ1v) is 7.36. The zero-order valence-corrected chi connectivity index (χ0v) is 11.6. The van der Waals surface area contributed by atoms with Crippen LogP contribution in [0.2, 0.25) is 0 Å². The summed E-state index contributed by atoms with van der Waals surface area (Å²) >= 11 is 3.13. The van der Waals surface area contributed by atoms with Gasteiger partial charge in [0.25, 0.3) is 0 Å². The number of nitrogen functional groups attached to an aromatic ring is 1. The van der Waals surface area contributed by atoms with Gasteiger partial charge >= 0.3 is 0 Å². The van der Waals surface area contributed by atoms with E-state index in [0.29, 0.717) is 4.47 Å². The molecule has 2 rings (SSSR count). The first kappa shape index (κ1) is 13.2. The first-order valence-electron chi connectivity index (χ1n) is 5.08. The fourth-order valence-corrected chi connectivity index (χ4v) is 3.44. The van der Waals surface area contributed by atoms with Gasteiger partial charge in [-0.2, -0.15) is 0 Å².